The number of nitrogens with zero attached hydrogens (tertiary/aromatic N) is 3. The van der Waals surface area contributed by atoms with E-state index in [1.165, 1.54) is 29.7 Å². The van der Waals surface area contributed by atoms with Gasteiger partial charge in [-0.15, -0.1) is 11.3 Å². The molecule has 0 aliphatic heterocycles. The van der Waals surface area contributed by atoms with Crippen molar-refractivity contribution in [3.8, 4) is 17.0 Å². The first-order chi connectivity index (χ1) is 14.5. The van der Waals surface area contributed by atoms with Gasteiger partial charge in [-0.25, -0.2) is 15.0 Å². The number of nitrogens with two attached hydrogens (primary N) is 1. The summed E-state index contributed by atoms with van der Waals surface area (Å²) in [4.78, 5) is 12.5. The molecule has 0 aliphatic rings. The van der Waals surface area contributed by atoms with Gasteiger partial charge in [0.25, 0.3) is 0 Å². The van der Waals surface area contributed by atoms with E-state index in [1.54, 1.807) is 24.6 Å². The summed E-state index contributed by atoms with van der Waals surface area (Å²) >= 11 is 1.36. The molecule has 31 heavy (non-hydrogen) atoms. The third-order valence-corrected chi connectivity index (χ3v) is 5.01. The van der Waals surface area contributed by atoms with Crippen molar-refractivity contribution in [1.29, 1.82) is 0 Å². The Morgan fingerprint density at radius 3 is 2.58 bits per heavy atom. The summed E-state index contributed by atoms with van der Waals surface area (Å²) in [6.07, 6.45) is -0.869. The molecular weight excluding hydrogens is 427 g/mol. The highest BCUT2D eigenvalue weighted by atomic mass is 32.1. The predicted molar refractivity (Wildman–Crippen MR) is 115 cm³/mol. The van der Waals surface area contributed by atoms with Gasteiger partial charge in [0, 0.05) is 28.9 Å². The van der Waals surface area contributed by atoms with Crippen LogP contribution in [-0.4, -0.2) is 27.1 Å². The Balaban J connectivity index is 1.86. The molecule has 2 aromatic heterocycles. The molecule has 2 heterocycles. The van der Waals surface area contributed by atoms with Gasteiger partial charge >= 0.3 is 6.18 Å². The molecule has 3 aromatic rings. The maximum absolute atomic E-state index is 13.7. The smallest absolute Gasteiger partial charge is 0.419 e. The summed E-state index contributed by atoms with van der Waals surface area (Å²) in [5.41, 5.74) is 5.21. The average molecular weight is 452 g/mol. The van der Waals surface area contributed by atoms with Gasteiger partial charge < -0.3 is 15.8 Å². The molecule has 1 aromatic carbocycles. The zero-order chi connectivity index (χ0) is 22.6. The van der Waals surface area contributed by atoms with E-state index in [0.29, 0.717) is 28.7 Å². The molecule has 0 fully saturated rings. The van der Waals surface area contributed by atoms with Crippen molar-refractivity contribution >= 4 is 22.4 Å². The van der Waals surface area contributed by atoms with Crippen LogP contribution < -0.4 is 15.8 Å². The van der Waals surface area contributed by atoms with Crippen molar-refractivity contribution in [2.75, 3.05) is 11.9 Å². The Bertz CT molecular complexity index is 1010. The first-order valence-corrected chi connectivity index (χ1v) is 10.5. The van der Waals surface area contributed by atoms with Gasteiger partial charge in [0.15, 0.2) is 5.13 Å². The van der Waals surface area contributed by atoms with Crippen LogP contribution in [0.25, 0.3) is 11.3 Å². The van der Waals surface area contributed by atoms with Crippen LogP contribution in [0.3, 0.4) is 0 Å². The van der Waals surface area contributed by atoms with Crippen molar-refractivity contribution in [3.05, 3.63) is 47.6 Å². The van der Waals surface area contributed by atoms with Gasteiger partial charge in [0.1, 0.15) is 12.4 Å². The second-order valence-electron chi connectivity index (χ2n) is 7.98. The van der Waals surface area contributed by atoms with E-state index in [1.807, 2.05) is 13.8 Å². The lowest BCUT2D eigenvalue weighted by molar-refractivity contribution is -0.139. The third kappa shape index (κ3) is 6.38. The van der Waals surface area contributed by atoms with Crippen LogP contribution in [0.2, 0.25) is 0 Å². The first-order valence-electron chi connectivity index (χ1n) is 9.66. The molecule has 0 bridgehead atoms. The predicted octanol–water partition coefficient (Wildman–Crippen LogP) is 5.50. The van der Waals surface area contributed by atoms with E-state index in [2.05, 4.69) is 20.3 Å². The minimum atomic E-state index is -4.59. The summed E-state index contributed by atoms with van der Waals surface area (Å²) < 4.78 is 46.7. The van der Waals surface area contributed by atoms with E-state index in [-0.39, 0.29) is 18.3 Å². The van der Waals surface area contributed by atoms with Crippen LogP contribution in [0.5, 0.6) is 5.75 Å². The van der Waals surface area contributed by atoms with E-state index < -0.39 is 17.3 Å². The summed E-state index contributed by atoms with van der Waals surface area (Å²) in [6.45, 7) is 5.75. The van der Waals surface area contributed by atoms with Gasteiger partial charge in [0.2, 0.25) is 5.95 Å². The summed E-state index contributed by atoms with van der Waals surface area (Å²) in [6, 6.07) is 5.42. The van der Waals surface area contributed by atoms with E-state index in [4.69, 9.17) is 10.5 Å². The van der Waals surface area contributed by atoms with E-state index in [0.717, 1.165) is 6.07 Å². The molecule has 0 amide bonds. The van der Waals surface area contributed by atoms with Gasteiger partial charge in [-0.05, 0) is 43.5 Å². The quantitative estimate of drug-likeness (QED) is 0.470. The second kappa shape index (κ2) is 9.19. The monoisotopic (exact) mass is 451 g/mol. The zero-order valence-electron chi connectivity index (χ0n) is 17.4. The van der Waals surface area contributed by atoms with E-state index >= 15 is 0 Å². The number of rotatable bonds is 8. The van der Waals surface area contributed by atoms with Crippen molar-refractivity contribution in [1.82, 2.24) is 15.0 Å². The molecule has 0 saturated carbocycles. The number of alkyl halides is 3. The average Bonchev–Trinajstić information content (AvgIpc) is 3.18. The highest BCUT2D eigenvalue weighted by Gasteiger charge is 2.35. The minimum absolute atomic E-state index is 0.0248. The Morgan fingerprint density at radius 2 is 1.94 bits per heavy atom. The number of hydrogen-bond donors (Lipinski definition) is 2. The number of ether oxygens (including phenoxy) is 1. The number of benzene rings is 1. The summed E-state index contributed by atoms with van der Waals surface area (Å²) in [7, 11) is 0. The van der Waals surface area contributed by atoms with Gasteiger partial charge in [-0.1, -0.05) is 13.8 Å². The standard InChI is InChI=1S/C21H24F3N5OS/c1-13(2)11-20(3,25)12-30-17-5-4-14(10-15(17)21(22,23)24)16-6-7-26-18(28-16)29-19-27-8-9-31-19/h4-10,13H,11-12,25H2,1-3H3,(H,26,27,28,29)/t20-/m0/s1. The molecule has 0 radical (unpaired) electrons. The lowest BCUT2D eigenvalue weighted by Crippen LogP contribution is -2.43. The highest BCUT2D eigenvalue weighted by Crippen LogP contribution is 2.39. The van der Waals surface area contributed by atoms with Gasteiger partial charge in [0.05, 0.1) is 11.3 Å². The first kappa shape index (κ1) is 23.0. The Morgan fingerprint density at radius 1 is 1.16 bits per heavy atom. The maximum atomic E-state index is 13.7. The normalized spacial score (nSPS) is 13.8. The summed E-state index contributed by atoms with van der Waals surface area (Å²) in [5, 5.41) is 5.30. The minimum Gasteiger partial charge on any atom is -0.491 e. The lowest BCUT2D eigenvalue weighted by Gasteiger charge is -2.27. The van der Waals surface area contributed by atoms with Gasteiger partial charge in [-0.3, -0.25) is 0 Å². The molecule has 0 aliphatic carbocycles. The SMILES string of the molecule is CC(C)C[C@](C)(N)COc1ccc(-c2ccnc(Nc3nccs3)n2)cc1C(F)(F)F. The van der Waals surface area contributed by atoms with Crippen LogP contribution in [0.1, 0.15) is 32.8 Å². The topological polar surface area (TPSA) is 86.0 Å². The molecule has 0 unspecified atom stereocenters. The van der Waals surface area contributed by atoms with Crippen LogP contribution in [0, 0.1) is 5.92 Å². The van der Waals surface area contributed by atoms with E-state index in [9.17, 15) is 13.2 Å². The number of nitrogens with one attached hydrogen (secondary N) is 1. The number of thiazole rings is 1. The van der Waals surface area contributed by atoms with Gasteiger partial charge in [-0.2, -0.15) is 13.2 Å². The molecule has 0 saturated heterocycles. The summed E-state index contributed by atoms with van der Waals surface area (Å²) in [5.74, 6) is 0.286. The van der Waals surface area contributed by atoms with Crippen LogP contribution >= 0.6 is 11.3 Å². The van der Waals surface area contributed by atoms with Crippen molar-refractivity contribution in [3.63, 3.8) is 0 Å². The molecule has 6 nitrogen and oxygen atoms in total. The van der Waals surface area contributed by atoms with Crippen LogP contribution in [0.4, 0.5) is 24.3 Å². The molecule has 3 rings (SSSR count). The third-order valence-electron chi connectivity index (χ3n) is 4.32. The fourth-order valence-corrected chi connectivity index (χ4v) is 3.75. The molecular formula is C21H24F3N5OS. The number of hydrogen-bond acceptors (Lipinski definition) is 7. The number of anilines is 2. The number of halogens is 3. The van der Waals surface area contributed by atoms with Crippen molar-refractivity contribution < 1.29 is 17.9 Å². The fourth-order valence-electron chi connectivity index (χ4n) is 3.23. The molecule has 10 heteroatoms. The fraction of sp³-hybridized carbons (Fsp3) is 0.381. The molecule has 166 valence electrons. The maximum Gasteiger partial charge on any atom is 0.419 e. The Kier molecular flexibility index (Phi) is 6.80. The van der Waals surface area contributed by atoms with Crippen molar-refractivity contribution in [2.45, 2.75) is 38.9 Å². The lowest BCUT2D eigenvalue weighted by atomic mass is 9.93. The highest BCUT2D eigenvalue weighted by molar-refractivity contribution is 7.13. The zero-order valence-corrected chi connectivity index (χ0v) is 18.2. The largest absolute Gasteiger partial charge is 0.491 e. The Labute approximate surface area is 182 Å². The van der Waals surface area contributed by atoms with Crippen LogP contribution in [-0.2, 0) is 6.18 Å². The van der Waals surface area contributed by atoms with Crippen molar-refractivity contribution in [2.24, 2.45) is 11.7 Å². The Hall–Kier alpha value is -2.72. The molecule has 3 N–H and O–H groups in total. The number of aromatic nitrogens is 3. The van der Waals surface area contributed by atoms with Crippen LogP contribution in [0.15, 0.2) is 42.0 Å². The second-order valence-corrected chi connectivity index (χ2v) is 8.87. The molecule has 0 spiro atoms. The molecule has 1 atom stereocenters.